The third-order valence-corrected chi connectivity index (χ3v) is 3.67. The second-order valence-electron chi connectivity index (χ2n) is 4.21. The van der Waals surface area contributed by atoms with Crippen LogP contribution in [-0.4, -0.2) is 44.4 Å². The number of nitrogens with one attached hydrogen (secondary N) is 1. The smallest absolute Gasteiger partial charge is 0.0406 e. The van der Waals surface area contributed by atoms with Gasteiger partial charge in [0, 0.05) is 23.0 Å². The maximum Gasteiger partial charge on any atom is 0.0406 e. The normalized spacial score (nSPS) is 10.4. The molecule has 1 aromatic rings. The lowest BCUT2D eigenvalue weighted by Gasteiger charge is -2.10. The molecule has 0 aliphatic carbocycles. The van der Waals surface area contributed by atoms with Crippen LogP contribution in [0, 0.1) is 0 Å². The molecule has 104 valence electrons. The summed E-state index contributed by atoms with van der Waals surface area (Å²) in [4.78, 5) is 3.48. The molecule has 0 heterocycles. The molecular formula is C13H22Cl2N2S. The minimum atomic E-state index is 0. The lowest BCUT2D eigenvalue weighted by molar-refractivity contribution is 0.400. The molecule has 1 N–H and O–H groups in total. The number of thioether (sulfide) groups is 1. The summed E-state index contributed by atoms with van der Waals surface area (Å²) in [5.74, 6) is 1.15. The molecule has 0 aromatic heterocycles. The van der Waals surface area contributed by atoms with E-state index in [-0.39, 0.29) is 12.4 Å². The van der Waals surface area contributed by atoms with E-state index in [1.807, 2.05) is 23.9 Å². The van der Waals surface area contributed by atoms with Crippen LogP contribution in [0.15, 0.2) is 29.2 Å². The molecule has 0 saturated carbocycles. The fourth-order valence-electron chi connectivity index (χ4n) is 1.35. The van der Waals surface area contributed by atoms with Gasteiger partial charge in [0.05, 0.1) is 0 Å². The zero-order chi connectivity index (χ0) is 12.5. The van der Waals surface area contributed by atoms with Gasteiger partial charge in [-0.25, -0.2) is 0 Å². The Bertz CT molecular complexity index is 304. The molecule has 5 heteroatoms. The highest BCUT2D eigenvalue weighted by Gasteiger charge is 1.95. The zero-order valence-electron chi connectivity index (χ0n) is 11.0. The molecule has 0 unspecified atom stereocenters. The van der Waals surface area contributed by atoms with E-state index in [4.69, 9.17) is 11.6 Å². The lowest BCUT2D eigenvalue weighted by Crippen LogP contribution is -2.27. The van der Waals surface area contributed by atoms with Crippen LogP contribution < -0.4 is 5.32 Å². The van der Waals surface area contributed by atoms with Crippen LogP contribution in [0.2, 0.25) is 5.02 Å². The summed E-state index contributed by atoms with van der Waals surface area (Å²) in [5.41, 5.74) is 0. The SMILES string of the molecule is CN(C)CCNCCCSc1ccc(Cl)cc1.Cl. The van der Waals surface area contributed by atoms with Crippen molar-refractivity contribution in [2.45, 2.75) is 11.3 Å². The molecule has 18 heavy (non-hydrogen) atoms. The van der Waals surface area contributed by atoms with Crippen LogP contribution in [0.5, 0.6) is 0 Å². The molecule has 0 saturated heterocycles. The van der Waals surface area contributed by atoms with Gasteiger partial charge in [0.1, 0.15) is 0 Å². The van der Waals surface area contributed by atoms with Crippen molar-refractivity contribution in [3.8, 4) is 0 Å². The van der Waals surface area contributed by atoms with Gasteiger partial charge < -0.3 is 10.2 Å². The molecule has 0 fully saturated rings. The van der Waals surface area contributed by atoms with Gasteiger partial charge in [-0.2, -0.15) is 0 Å². The first-order valence-corrected chi connectivity index (χ1v) is 7.28. The van der Waals surface area contributed by atoms with E-state index in [1.165, 1.54) is 11.3 Å². The van der Waals surface area contributed by atoms with Crippen LogP contribution in [0.3, 0.4) is 0 Å². The van der Waals surface area contributed by atoms with E-state index in [0.717, 1.165) is 30.4 Å². The van der Waals surface area contributed by atoms with Gasteiger partial charge in [-0.1, -0.05) is 11.6 Å². The number of halogens is 2. The van der Waals surface area contributed by atoms with Crippen molar-refractivity contribution < 1.29 is 0 Å². The van der Waals surface area contributed by atoms with Crippen LogP contribution in [0.25, 0.3) is 0 Å². The number of benzene rings is 1. The summed E-state index contributed by atoms with van der Waals surface area (Å²) in [6.45, 7) is 3.26. The molecular weight excluding hydrogens is 287 g/mol. The summed E-state index contributed by atoms with van der Waals surface area (Å²) >= 11 is 7.72. The standard InChI is InChI=1S/C13H21ClN2S.ClH/c1-16(2)10-9-15-8-3-11-17-13-6-4-12(14)5-7-13;/h4-7,15H,3,8-11H2,1-2H3;1H. The quantitative estimate of drug-likeness (QED) is 0.585. The molecule has 0 bridgehead atoms. The Morgan fingerprint density at radius 3 is 2.44 bits per heavy atom. The average Bonchev–Trinajstić information content (AvgIpc) is 2.30. The van der Waals surface area contributed by atoms with Gasteiger partial charge in [-0.15, -0.1) is 24.2 Å². The molecule has 1 rings (SSSR count). The number of nitrogens with zero attached hydrogens (tertiary/aromatic N) is 1. The molecule has 0 radical (unpaired) electrons. The highest BCUT2D eigenvalue weighted by molar-refractivity contribution is 7.99. The van der Waals surface area contributed by atoms with Gasteiger partial charge >= 0.3 is 0 Å². The Morgan fingerprint density at radius 2 is 1.83 bits per heavy atom. The maximum absolute atomic E-state index is 5.83. The Morgan fingerprint density at radius 1 is 1.17 bits per heavy atom. The highest BCUT2D eigenvalue weighted by Crippen LogP contribution is 2.20. The Kier molecular flexibility index (Phi) is 11.0. The van der Waals surface area contributed by atoms with Crippen molar-refractivity contribution in [3.05, 3.63) is 29.3 Å². The van der Waals surface area contributed by atoms with Crippen molar-refractivity contribution in [3.63, 3.8) is 0 Å². The molecule has 2 nitrogen and oxygen atoms in total. The second kappa shape index (κ2) is 10.9. The van der Waals surface area contributed by atoms with Gasteiger partial charge in [-0.05, 0) is 57.1 Å². The Hall–Kier alpha value is 0.0700. The van der Waals surface area contributed by atoms with Crippen molar-refractivity contribution in [1.82, 2.24) is 10.2 Å². The summed E-state index contributed by atoms with van der Waals surface area (Å²) in [7, 11) is 4.19. The first-order valence-electron chi connectivity index (χ1n) is 5.92. The van der Waals surface area contributed by atoms with E-state index in [9.17, 15) is 0 Å². The predicted molar refractivity (Wildman–Crippen MR) is 85.5 cm³/mol. The molecule has 0 spiro atoms. The van der Waals surface area contributed by atoms with Crippen LogP contribution >= 0.6 is 35.8 Å². The number of hydrogen-bond acceptors (Lipinski definition) is 3. The first-order chi connectivity index (χ1) is 8.18. The van der Waals surface area contributed by atoms with Crippen molar-refractivity contribution in [1.29, 1.82) is 0 Å². The highest BCUT2D eigenvalue weighted by atomic mass is 35.5. The summed E-state index contributed by atoms with van der Waals surface area (Å²) in [6, 6.07) is 8.04. The van der Waals surface area contributed by atoms with Crippen molar-refractivity contribution in [2.24, 2.45) is 0 Å². The molecule has 0 atom stereocenters. The van der Waals surface area contributed by atoms with E-state index < -0.39 is 0 Å². The monoisotopic (exact) mass is 308 g/mol. The summed E-state index contributed by atoms with van der Waals surface area (Å²) in [5, 5.41) is 4.24. The van der Waals surface area contributed by atoms with Crippen LogP contribution in [-0.2, 0) is 0 Å². The minimum absolute atomic E-state index is 0. The number of rotatable bonds is 8. The largest absolute Gasteiger partial charge is 0.315 e. The molecule has 1 aromatic carbocycles. The van der Waals surface area contributed by atoms with E-state index in [2.05, 4.69) is 36.4 Å². The van der Waals surface area contributed by atoms with Crippen molar-refractivity contribution in [2.75, 3.05) is 39.5 Å². The third kappa shape index (κ3) is 9.06. The Balaban J connectivity index is 0.00000289. The van der Waals surface area contributed by atoms with E-state index >= 15 is 0 Å². The second-order valence-corrected chi connectivity index (χ2v) is 5.81. The number of likely N-dealkylation sites (N-methyl/N-ethyl adjacent to an activating group) is 1. The zero-order valence-corrected chi connectivity index (χ0v) is 13.4. The molecule has 0 aliphatic rings. The van der Waals surface area contributed by atoms with Gasteiger partial charge in [0.15, 0.2) is 0 Å². The topological polar surface area (TPSA) is 15.3 Å². The summed E-state index contributed by atoms with van der Waals surface area (Å²) in [6.07, 6.45) is 1.20. The van der Waals surface area contributed by atoms with Crippen LogP contribution in [0.1, 0.15) is 6.42 Å². The first kappa shape index (κ1) is 18.1. The Labute approximate surface area is 126 Å². The van der Waals surface area contributed by atoms with E-state index in [0.29, 0.717) is 0 Å². The third-order valence-electron chi connectivity index (χ3n) is 2.32. The molecule has 0 aliphatic heterocycles. The lowest BCUT2D eigenvalue weighted by atomic mass is 10.4. The average molecular weight is 309 g/mol. The van der Waals surface area contributed by atoms with Gasteiger partial charge in [-0.3, -0.25) is 0 Å². The van der Waals surface area contributed by atoms with Gasteiger partial charge in [0.2, 0.25) is 0 Å². The minimum Gasteiger partial charge on any atom is -0.315 e. The van der Waals surface area contributed by atoms with Crippen molar-refractivity contribution >= 4 is 35.8 Å². The van der Waals surface area contributed by atoms with E-state index in [1.54, 1.807) is 0 Å². The van der Waals surface area contributed by atoms with Crippen LogP contribution in [0.4, 0.5) is 0 Å². The maximum atomic E-state index is 5.83. The molecule has 0 amide bonds. The summed E-state index contributed by atoms with van der Waals surface area (Å²) < 4.78 is 0. The fourth-order valence-corrected chi connectivity index (χ4v) is 2.32. The predicted octanol–water partition coefficient (Wildman–Crippen LogP) is 3.40. The fraction of sp³-hybridized carbons (Fsp3) is 0.538. The number of hydrogen-bond donors (Lipinski definition) is 1. The van der Waals surface area contributed by atoms with Gasteiger partial charge in [0.25, 0.3) is 0 Å².